The van der Waals surface area contributed by atoms with Crippen molar-refractivity contribution in [3.05, 3.63) is 12.2 Å². The van der Waals surface area contributed by atoms with Crippen molar-refractivity contribution in [3.8, 4) is 0 Å². The largest absolute Gasteiger partial charge is 0.462 e. The van der Waals surface area contributed by atoms with E-state index in [2.05, 4.69) is 19.1 Å². The lowest BCUT2D eigenvalue weighted by molar-refractivity contribution is -0.194. The minimum atomic E-state index is -0.128. The Balaban J connectivity index is 1.41. The summed E-state index contributed by atoms with van der Waals surface area (Å²) in [6.45, 7) is 3.79. The number of esters is 1. The molecule has 3 aliphatic heterocycles. The Hall–Kier alpha value is -0.950. The molecule has 4 fully saturated rings. The van der Waals surface area contributed by atoms with Crippen molar-refractivity contribution in [1.82, 2.24) is 0 Å². The van der Waals surface area contributed by atoms with Crippen LogP contribution in [0.25, 0.3) is 0 Å². The van der Waals surface area contributed by atoms with E-state index in [0.29, 0.717) is 6.42 Å². The van der Waals surface area contributed by atoms with E-state index in [1.54, 1.807) is 0 Å². The third-order valence-electron chi connectivity index (χ3n) is 7.12. The third-order valence-corrected chi connectivity index (χ3v) is 7.12. The maximum atomic E-state index is 11.9. The number of carbonyl (C=O) groups is 1. The summed E-state index contributed by atoms with van der Waals surface area (Å²) < 4.78 is 30.0. The summed E-state index contributed by atoms with van der Waals surface area (Å²) in [6, 6.07) is 0. The van der Waals surface area contributed by atoms with Crippen molar-refractivity contribution in [3.63, 3.8) is 0 Å². The highest BCUT2D eigenvalue weighted by molar-refractivity contribution is 5.72. The fourth-order valence-electron chi connectivity index (χ4n) is 5.39. The Bertz CT molecular complexity index is 581. The Labute approximate surface area is 187 Å². The van der Waals surface area contributed by atoms with E-state index in [0.717, 1.165) is 64.6 Å². The summed E-state index contributed by atoms with van der Waals surface area (Å²) in [5, 5.41) is 0. The lowest BCUT2D eigenvalue weighted by Gasteiger charge is -2.29. The molecule has 6 heteroatoms. The molecule has 3 saturated heterocycles. The van der Waals surface area contributed by atoms with Gasteiger partial charge in [0.25, 0.3) is 0 Å². The van der Waals surface area contributed by atoms with E-state index in [1.807, 2.05) is 0 Å². The van der Waals surface area contributed by atoms with Crippen LogP contribution in [0.3, 0.4) is 0 Å². The molecule has 0 amide bonds. The normalized spacial score (nSPS) is 37.1. The van der Waals surface area contributed by atoms with Gasteiger partial charge in [0.2, 0.25) is 0 Å². The Morgan fingerprint density at radius 1 is 1.06 bits per heavy atom. The quantitative estimate of drug-likeness (QED) is 0.276. The predicted molar refractivity (Wildman–Crippen MR) is 116 cm³/mol. The van der Waals surface area contributed by atoms with E-state index in [4.69, 9.17) is 23.7 Å². The minimum absolute atomic E-state index is 0.0307. The lowest BCUT2D eigenvalue weighted by Crippen LogP contribution is -2.31. The highest BCUT2D eigenvalue weighted by Crippen LogP contribution is 2.44. The van der Waals surface area contributed by atoms with Crippen LogP contribution in [0.15, 0.2) is 12.2 Å². The SMILES string of the molecule is CCCCC[C@@H](/C=C/[C@@H]1[C@H]2CC(=O)O[C@H]2C[C@H]1OC1CCCCO1)OC1CCCCO1. The van der Waals surface area contributed by atoms with E-state index < -0.39 is 0 Å². The second-order valence-corrected chi connectivity index (χ2v) is 9.53. The molecule has 31 heavy (non-hydrogen) atoms. The topological polar surface area (TPSA) is 63.2 Å². The highest BCUT2D eigenvalue weighted by Gasteiger charge is 2.50. The van der Waals surface area contributed by atoms with E-state index in [-0.39, 0.29) is 48.7 Å². The zero-order valence-electron chi connectivity index (χ0n) is 19.0. The third kappa shape index (κ3) is 6.53. The van der Waals surface area contributed by atoms with Gasteiger partial charge in [0.05, 0.1) is 18.6 Å². The van der Waals surface area contributed by atoms with Crippen molar-refractivity contribution in [2.45, 2.75) is 115 Å². The van der Waals surface area contributed by atoms with Crippen LogP contribution in [0.2, 0.25) is 0 Å². The van der Waals surface area contributed by atoms with E-state index in [1.165, 1.54) is 19.3 Å². The smallest absolute Gasteiger partial charge is 0.306 e. The maximum absolute atomic E-state index is 11.9. The zero-order valence-corrected chi connectivity index (χ0v) is 19.0. The summed E-state index contributed by atoms with van der Waals surface area (Å²) in [5.41, 5.74) is 0. The Morgan fingerprint density at radius 2 is 1.84 bits per heavy atom. The monoisotopic (exact) mass is 436 g/mol. The van der Waals surface area contributed by atoms with E-state index >= 15 is 0 Å². The first-order chi connectivity index (χ1) is 15.2. The summed E-state index contributed by atoms with van der Waals surface area (Å²) in [6.07, 6.45) is 16.5. The van der Waals surface area contributed by atoms with Crippen molar-refractivity contribution in [2.24, 2.45) is 11.8 Å². The van der Waals surface area contributed by atoms with Crippen LogP contribution >= 0.6 is 0 Å². The summed E-state index contributed by atoms with van der Waals surface area (Å²) >= 11 is 0. The van der Waals surface area contributed by atoms with Gasteiger partial charge in [0.15, 0.2) is 12.6 Å². The number of fused-ring (bicyclic) bond motifs is 1. The minimum Gasteiger partial charge on any atom is -0.462 e. The molecule has 6 nitrogen and oxygen atoms in total. The molecule has 4 rings (SSSR count). The van der Waals surface area contributed by atoms with Gasteiger partial charge in [0, 0.05) is 31.5 Å². The molecule has 0 bridgehead atoms. The van der Waals surface area contributed by atoms with Gasteiger partial charge in [0.1, 0.15) is 6.10 Å². The van der Waals surface area contributed by atoms with Crippen molar-refractivity contribution in [1.29, 1.82) is 0 Å². The van der Waals surface area contributed by atoms with Gasteiger partial charge in [-0.1, -0.05) is 38.3 Å². The Kier molecular flexibility index (Phi) is 8.82. The van der Waals surface area contributed by atoms with Crippen LogP contribution in [0.4, 0.5) is 0 Å². The van der Waals surface area contributed by atoms with Crippen LogP contribution < -0.4 is 0 Å². The molecule has 0 spiro atoms. The second kappa shape index (κ2) is 11.8. The molecule has 4 aliphatic rings. The molecule has 0 N–H and O–H groups in total. The molecule has 176 valence electrons. The number of carbonyl (C=O) groups excluding carboxylic acids is 1. The van der Waals surface area contributed by atoms with Gasteiger partial charge in [-0.25, -0.2) is 0 Å². The molecule has 0 aromatic rings. The second-order valence-electron chi connectivity index (χ2n) is 9.53. The number of hydrogen-bond donors (Lipinski definition) is 0. The highest BCUT2D eigenvalue weighted by atomic mass is 16.7. The van der Waals surface area contributed by atoms with Gasteiger partial charge in [-0.2, -0.15) is 0 Å². The number of ether oxygens (including phenoxy) is 5. The fraction of sp³-hybridized carbons (Fsp3) is 0.880. The number of hydrogen-bond acceptors (Lipinski definition) is 6. The van der Waals surface area contributed by atoms with Crippen molar-refractivity contribution in [2.75, 3.05) is 13.2 Å². The average Bonchev–Trinajstić information content (AvgIpc) is 3.29. The maximum Gasteiger partial charge on any atom is 0.306 e. The van der Waals surface area contributed by atoms with Gasteiger partial charge in [-0.05, 0) is 44.9 Å². The summed E-state index contributed by atoms with van der Waals surface area (Å²) in [5.74, 6) is 0.276. The molecule has 3 heterocycles. The molecule has 0 radical (unpaired) electrons. The van der Waals surface area contributed by atoms with Crippen LogP contribution in [0.1, 0.15) is 84.0 Å². The van der Waals surface area contributed by atoms with Gasteiger partial charge < -0.3 is 23.7 Å². The molecule has 2 unspecified atom stereocenters. The first-order valence-electron chi connectivity index (χ1n) is 12.6. The molecule has 0 aromatic heterocycles. The average molecular weight is 437 g/mol. The van der Waals surface area contributed by atoms with Crippen LogP contribution in [-0.2, 0) is 28.5 Å². The van der Waals surface area contributed by atoms with Crippen molar-refractivity contribution < 1.29 is 28.5 Å². The van der Waals surface area contributed by atoms with Crippen LogP contribution in [-0.4, -0.2) is 50.1 Å². The molecule has 0 aromatic carbocycles. The molecular weight excluding hydrogens is 396 g/mol. The lowest BCUT2D eigenvalue weighted by atomic mass is 9.91. The zero-order chi connectivity index (χ0) is 21.5. The molecule has 1 aliphatic carbocycles. The van der Waals surface area contributed by atoms with Gasteiger partial charge in [-0.3, -0.25) is 4.79 Å². The Morgan fingerprint density at radius 3 is 2.55 bits per heavy atom. The predicted octanol–water partition coefficient (Wildman–Crippen LogP) is 4.90. The first-order valence-corrected chi connectivity index (χ1v) is 12.6. The van der Waals surface area contributed by atoms with Crippen LogP contribution in [0, 0.1) is 11.8 Å². The number of rotatable bonds is 10. The molecule has 7 atom stereocenters. The van der Waals surface area contributed by atoms with Gasteiger partial charge in [-0.15, -0.1) is 0 Å². The standard InChI is InChI=1S/C25H40O6/c1-2-3-4-9-18(29-24-10-5-7-14-27-24)12-13-19-20-16-23(26)30-22(20)17-21(19)31-25-11-6-8-15-28-25/h12-13,18-22,24-25H,2-11,14-17H2,1H3/b13-12+/t18-,19+,20+,21+,22-,24?,25?/m0/s1. The number of unbranched alkanes of at least 4 members (excludes halogenated alkanes) is 2. The van der Waals surface area contributed by atoms with E-state index in [9.17, 15) is 4.79 Å². The van der Waals surface area contributed by atoms with Crippen molar-refractivity contribution >= 4 is 5.97 Å². The van der Waals surface area contributed by atoms with Gasteiger partial charge >= 0.3 is 5.97 Å². The van der Waals surface area contributed by atoms with Crippen LogP contribution in [0.5, 0.6) is 0 Å². The summed E-state index contributed by atoms with van der Waals surface area (Å²) in [4.78, 5) is 11.9. The first kappa shape index (κ1) is 23.2. The fourth-order valence-corrected chi connectivity index (χ4v) is 5.39. The molecular formula is C25H40O6. The summed E-state index contributed by atoms with van der Waals surface area (Å²) in [7, 11) is 0. The molecule has 1 saturated carbocycles.